The number of pyridine rings is 1. The normalized spacial score (nSPS) is 15.5. The second kappa shape index (κ2) is 7.30. The predicted molar refractivity (Wildman–Crippen MR) is 95.9 cm³/mol. The monoisotopic (exact) mass is 357 g/mol. The number of amides is 1. The quantitative estimate of drug-likeness (QED) is 0.750. The predicted octanol–water partition coefficient (Wildman–Crippen LogP) is 1.52. The highest BCUT2D eigenvalue weighted by Gasteiger charge is 2.14. The Morgan fingerprint density at radius 1 is 1.32 bits per heavy atom. The molecule has 0 saturated carbocycles. The molecule has 7 nitrogen and oxygen atoms in total. The maximum Gasteiger partial charge on any atom is 0.271 e. The minimum atomic E-state index is -0.132. The fraction of sp³-hybridized carbons (Fsp3) is 0.353. The molecule has 0 aromatic carbocycles. The van der Waals surface area contributed by atoms with Gasteiger partial charge in [-0.3, -0.25) is 19.1 Å². The number of nitrogens with one attached hydrogen (secondary N) is 1. The molecule has 1 saturated heterocycles. The first kappa shape index (κ1) is 16.2. The van der Waals surface area contributed by atoms with Gasteiger partial charge in [0.15, 0.2) is 4.96 Å². The van der Waals surface area contributed by atoms with Crippen LogP contribution in [0.15, 0.2) is 36.9 Å². The summed E-state index contributed by atoms with van der Waals surface area (Å²) in [5, 5.41) is 2.94. The van der Waals surface area contributed by atoms with Crippen LogP contribution < -0.4 is 5.32 Å². The Kier molecular flexibility index (Phi) is 4.73. The highest BCUT2D eigenvalue weighted by atomic mass is 32.1. The first-order chi connectivity index (χ1) is 12.3. The van der Waals surface area contributed by atoms with Crippen molar-refractivity contribution in [2.24, 2.45) is 0 Å². The Morgan fingerprint density at radius 3 is 2.96 bits per heavy atom. The smallest absolute Gasteiger partial charge is 0.271 e. The van der Waals surface area contributed by atoms with Crippen LogP contribution in [-0.2, 0) is 4.74 Å². The molecular formula is C17H19N5O2S. The number of hydrogen-bond donors (Lipinski definition) is 1. The molecule has 1 aliphatic rings. The lowest BCUT2D eigenvalue weighted by atomic mass is 10.2. The van der Waals surface area contributed by atoms with Crippen molar-refractivity contribution in [3.05, 3.63) is 42.6 Å². The maximum absolute atomic E-state index is 12.3. The number of hydrogen-bond acceptors (Lipinski definition) is 6. The number of ether oxygens (including phenoxy) is 1. The number of rotatable bonds is 5. The van der Waals surface area contributed by atoms with Gasteiger partial charge in [-0.25, -0.2) is 4.98 Å². The summed E-state index contributed by atoms with van der Waals surface area (Å²) < 4.78 is 7.21. The van der Waals surface area contributed by atoms with Crippen LogP contribution in [0.1, 0.15) is 10.5 Å². The third-order valence-electron chi connectivity index (χ3n) is 4.15. The highest BCUT2D eigenvalue weighted by Crippen LogP contribution is 2.27. The Labute approximate surface area is 149 Å². The van der Waals surface area contributed by atoms with Crippen LogP contribution in [0.4, 0.5) is 0 Å². The number of morpholine rings is 1. The second-order valence-electron chi connectivity index (χ2n) is 5.86. The lowest BCUT2D eigenvalue weighted by Crippen LogP contribution is -2.41. The number of carbonyl (C=O) groups excluding carboxylic acids is 1. The summed E-state index contributed by atoms with van der Waals surface area (Å²) in [6.07, 6.45) is 7.33. The van der Waals surface area contributed by atoms with Crippen LogP contribution >= 0.6 is 11.3 Å². The number of aromatic nitrogens is 3. The molecule has 1 fully saturated rings. The number of imidazole rings is 1. The second-order valence-corrected chi connectivity index (χ2v) is 6.87. The van der Waals surface area contributed by atoms with Gasteiger partial charge >= 0.3 is 0 Å². The lowest BCUT2D eigenvalue weighted by Gasteiger charge is -2.26. The zero-order chi connectivity index (χ0) is 17.1. The SMILES string of the molecule is O=C(NCCN1CCOCC1)c1cn2cc(-c3cccnc3)sc2n1. The van der Waals surface area contributed by atoms with Crippen LogP contribution in [-0.4, -0.2) is 64.6 Å². The van der Waals surface area contributed by atoms with Gasteiger partial charge in [0.1, 0.15) is 5.69 Å². The van der Waals surface area contributed by atoms with Crippen molar-refractivity contribution < 1.29 is 9.53 Å². The Bertz CT molecular complexity index is 823. The Balaban J connectivity index is 1.38. The van der Waals surface area contributed by atoms with Gasteiger partial charge in [0.2, 0.25) is 0 Å². The van der Waals surface area contributed by atoms with Gasteiger partial charge in [0.25, 0.3) is 5.91 Å². The molecule has 4 heterocycles. The Morgan fingerprint density at radius 2 is 2.20 bits per heavy atom. The van der Waals surface area contributed by atoms with Gasteiger partial charge in [0, 0.05) is 56.5 Å². The van der Waals surface area contributed by atoms with E-state index in [1.54, 1.807) is 23.7 Å². The standard InChI is InChI=1S/C17H19N5O2S/c23-16(19-4-5-21-6-8-24-9-7-21)14-11-22-12-15(25-17(22)20-14)13-2-1-3-18-10-13/h1-3,10-12H,4-9H2,(H,19,23). The number of nitrogens with zero attached hydrogens (tertiary/aromatic N) is 4. The molecule has 0 spiro atoms. The van der Waals surface area contributed by atoms with Crippen molar-refractivity contribution in [3.8, 4) is 10.4 Å². The molecule has 130 valence electrons. The molecule has 4 rings (SSSR count). The van der Waals surface area contributed by atoms with Crippen molar-refractivity contribution in [3.63, 3.8) is 0 Å². The number of carbonyl (C=O) groups is 1. The van der Waals surface area contributed by atoms with Crippen LogP contribution in [0.25, 0.3) is 15.4 Å². The van der Waals surface area contributed by atoms with Gasteiger partial charge in [-0.05, 0) is 6.07 Å². The van der Waals surface area contributed by atoms with Crippen LogP contribution in [0.2, 0.25) is 0 Å². The average molecular weight is 357 g/mol. The van der Waals surface area contributed by atoms with E-state index in [4.69, 9.17) is 4.74 Å². The minimum Gasteiger partial charge on any atom is -0.379 e. The topological polar surface area (TPSA) is 71.8 Å². The van der Waals surface area contributed by atoms with Gasteiger partial charge in [-0.2, -0.15) is 0 Å². The summed E-state index contributed by atoms with van der Waals surface area (Å²) in [7, 11) is 0. The minimum absolute atomic E-state index is 0.132. The zero-order valence-corrected chi connectivity index (χ0v) is 14.5. The lowest BCUT2D eigenvalue weighted by molar-refractivity contribution is 0.0383. The third kappa shape index (κ3) is 3.71. The van der Waals surface area contributed by atoms with Gasteiger partial charge in [0.05, 0.1) is 18.1 Å². The van der Waals surface area contributed by atoms with Crippen LogP contribution in [0, 0.1) is 0 Å². The first-order valence-corrected chi connectivity index (χ1v) is 9.08. The van der Waals surface area contributed by atoms with E-state index in [2.05, 4.69) is 20.2 Å². The van der Waals surface area contributed by atoms with E-state index in [9.17, 15) is 4.79 Å². The third-order valence-corrected chi connectivity index (χ3v) is 5.20. The molecule has 0 bridgehead atoms. The van der Waals surface area contributed by atoms with E-state index < -0.39 is 0 Å². The van der Waals surface area contributed by atoms with Crippen molar-refractivity contribution in [2.75, 3.05) is 39.4 Å². The van der Waals surface area contributed by atoms with Gasteiger partial charge < -0.3 is 10.1 Å². The van der Waals surface area contributed by atoms with E-state index >= 15 is 0 Å². The largest absolute Gasteiger partial charge is 0.379 e. The summed E-state index contributed by atoms with van der Waals surface area (Å²) in [5.41, 5.74) is 1.50. The molecule has 25 heavy (non-hydrogen) atoms. The summed E-state index contributed by atoms with van der Waals surface area (Å²) in [6.45, 7) is 4.84. The molecule has 0 atom stereocenters. The maximum atomic E-state index is 12.3. The van der Waals surface area contributed by atoms with Crippen LogP contribution in [0.5, 0.6) is 0 Å². The van der Waals surface area contributed by atoms with Gasteiger partial charge in [-0.1, -0.05) is 17.4 Å². The number of thiazole rings is 1. The number of fused-ring (bicyclic) bond motifs is 1. The molecule has 8 heteroatoms. The summed E-state index contributed by atoms with van der Waals surface area (Å²) in [6, 6.07) is 3.92. The molecule has 1 aliphatic heterocycles. The van der Waals surface area contributed by atoms with E-state index in [1.807, 2.05) is 28.9 Å². The van der Waals surface area contributed by atoms with E-state index in [-0.39, 0.29) is 5.91 Å². The van der Waals surface area contributed by atoms with Crippen molar-refractivity contribution in [2.45, 2.75) is 0 Å². The molecular weight excluding hydrogens is 338 g/mol. The molecule has 0 radical (unpaired) electrons. The molecule has 1 amide bonds. The van der Waals surface area contributed by atoms with E-state index in [0.29, 0.717) is 12.2 Å². The fourth-order valence-corrected chi connectivity index (χ4v) is 3.75. The molecule has 0 unspecified atom stereocenters. The van der Waals surface area contributed by atoms with E-state index in [0.717, 1.165) is 48.2 Å². The van der Waals surface area contributed by atoms with Crippen LogP contribution in [0.3, 0.4) is 0 Å². The van der Waals surface area contributed by atoms with Gasteiger partial charge in [-0.15, -0.1) is 0 Å². The van der Waals surface area contributed by atoms with Crippen molar-refractivity contribution >= 4 is 22.2 Å². The Hall–Kier alpha value is -2.29. The van der Waals surface area contributed by atoms with Crippen molar-refractivity contribution in [1.82, 2.24) is 24.6 Å². The molecule has 1 N–H and O–H groups in total. The summed E-state index contributed by atoms with van der Waals surface area (Å²) in [5.74, 6) is -0.132. The molecule has 3 aromatic heterocycles. The molecule has 3 aromatic rings. The summed E-state index contributed by atoms with van der Waals surface area (Å²) >= 11 is 1.54. The van der Waals surface area contributed by atoms with Crippen molar-refractivity contribution in [1.29, 1.82) is 0 Å². The summed E-state index contributed by atoms with van der Waals surface area (Å²) in [4.78, 5) is 25.0. The molecule has 0 aliphatic carbocycles. The fourth-order valence-electron chi connectivity index (χ4n) is 2.79. The first-order valence-electron chi connectivity index (χ1n) is 8.27. The highest BCUT2D eigenvalue weighted by molar-refractivity contribution is 7.20. The van der Waals surface area contributed by atoms with E-state index in [1.165, 1.54) is 0 Å². The zero-order valence-electron chi connectivity index (χ0n) is 13.7. The average Bonchev–Trinajstić information content (AvgIpc) is 3.22.